The first-order chi connectivity index (χ1) is 6.85. The van der Waals surface area contributed by atoms with Crippen LogP contribution in [0.2, 0.25) is 0 Å². The Morgan fingerprint density at radius 1 is 1.21 bits per heavy atom. The average Bonchev–Trinajstić information content (AvgIpc) is 2.27. The van der Waals surface area contributed by atoms with Gasteiger partial charge in [0.15, 0.2) is 0 Å². The summed E-state index contributed by atoms with van der Waals surface area (Å²) >= 11 is 0. The third kappa shape index (κ3) is 1.46. The number of methoxy groups -OCH3 is 1. The van der Waals surface area contributed by atoms with Gasteiger partial charge in [-0.05, 0) is 41.8 Å². The number of ether oxygens (including phenoxy) is 1. The number of fused-ring (bicyclic) bond motifs is 1. The summed E-state index contributed by atoms with van der Waals surface area (Å²) in [5.41, 5.74) is 1.27. The van der Waals surface area contributed by atoms with Gasteiger partial charge in [0.25, 0.3) is 0 Å². The molecule has 2 rings (SSSR count). The molecular formula is C13H13O. The van der Waals surface area contributed by atoms with Gasteiger partial charge in [-0.1, -0.05) is 24.3 Å². The van der Waals surface area contributed by atoms with Gasteiger partial charge in [0.2, 0.25) is 0 Å². The summed E-state index contributed by atoms with van der Waals surface area (Å²) in [6.45, 7) is 3.92. The Bertz CT molecular complexity index is 446. The molecule has 0 aliphatic heterocycles. The van der Waals surface area contributed by atoms with Gasteiger partial charge in [0, 0.05) is 0 Å². The van der Waals surface area contributed by atoms with Crippen LogP contribution >= 0.6 is 0 Å². The second kappa shape index (κ2) is 3.70. The lowest BCUT2D eigenvalue weighted by Gasteiger charge is -2.06. The van der Waals surface area contributed by atoms with Crippen molar-refractivity contribution in [2.75, 3.05) is 7.11 Å². The van der Waals surface area contributed by atoms with E-state index in [0.717, 1.165) is 12.2 Å². The maximum Gasteiger partial charge on any atom is 0.119 e. The first-order valence-corrected chi connectivity index (χ1v) is 4.70. The van der Waals surface area contributed by atoms with Gasteiger partial charge in [0.05, 0.1) is 7.11 Å². The van der Waals surface area contributed by atoms with Gasteiger partial charge in [-0.15, -0.1) is 0 Å². The minimum Gasteiger partial charge on any atom is -0.497 e. The Kier molecular flexibility index (Phi) is 2.40. The van der Waals surface area contributed by atoms with Crippen molar-refractivity contribution in [2.45, 2.75) is 6.42 Å². The normalized spacial score (nSPS) is 10.4. The summed E-state index contributed by atoms with van der Waals surface area (Å²) in [6, 6.07) is 12.4. The van der Waals surface area contributed by atoms with Crippen LogP contribution in [0, 0.1) is 6.92 Å². The van der Waals surface area contributed by atoms with E-state index in [2.05, 4.69) is 37.3 Å². The minimum atomic E-state index is 0.810. The molecule has 0 amide bonds. The van der Waals surface area contributed by atoms with Gasteiger partial charge in [0.1, 0.15) is 5.75 Å². The van der Waals surface area contributed by atoms with E-state index in [1.54, 1.807) is 7.11 Å². The molecule has 0 saturated heterocycles. The van der Waals surface area contributed by atoms with E-state index in [-0.39, 0.29) is 0 Å². The molecule has 2 aromatic carbocycles. The highest BCUT2D eigenvalue weighted by molar-refractivity contribution is 5.87. The molecule has 1 nitrogen and oxygen atoms in total. The molecule has 2 aromatic rings. The van der Waals surface area contributed by atoms with Crippen LogP contribution in [-0.2, 0) is 6.42 Å². The van der Waals surface area contributed by atoms with E-state index in [0.29, 0.717) is 0 Å². The molecule has 0 unspecified atom stereocenters. The monoisotopic (exact) mass is 185 g/mol. The number of rotatable bonds is 2. The molecule has 71 valence electrons. The molecule has 0 aliphatic carbocycles. The Hall–Kier alpha value is -1.50. The van der Waals surface area contributed by atoms with Crippen molar-refractivity contribution in [1.29, 1.82) is 0 Å². The van der Waals surface area contributed by atoms with Crippen LogP contribution < -0.4 is 4.74 Å². The number of hydrogen-bond donors (Lipinski definition) is 0. The summed E-state index contributed by atoms with van der Waals surface area (Å²) in [4.78, 5) is 0. The number of hydrogen-bond acceptors (Lipinski definition) is 1. The molecule has 0 spiro atoms. The molecule has 0 saturated carbocycles. The fraction of sp³-hybridized carbons (Fsp3) is 0.154. The Morgan fingerprint density at radius 2 is 2.07 bits per heavy atom. The molecule has 1 heteroatoms. The van der Waals surface area contributed by atoms with Gasteiger partial charge >= 0.3 is 0 Å². The molecule has 0 N–H and O–H groups in total. The zero-order valence-electron chi connectivity index (χ0n) is 8.29. The van der Waals surface area contributed by atoms with Crippen LogP contribution in [0.1, 0.15) is 5.56 Å². The summed E-state index contributed by atoms with van der Waals surface area (Å²) in [7, 11) is 1.69. The maximum atomic E-state index is 5.20. The predicted molar refractivity (Wildman–Crippen MR) is 59.6 cm³/mol. The van der Waals surface area contributed by atoms with Gasteiger partial charge in [-0.25, -0.2) is 0 Å². The average molecular weight is 185 g/mol. The summed E-state index contributed by atoms with van der Waals surface area (Å²) in [5, 5.41) is 2.48. The Balaban J connectivity index is 2.70. The Labute approximate surface area is 84.3 Å². The standard InChI is InChI=1S/C13H13O/c1-3-10-5-4-6-11-7-8-12(14-2)9-13(10)11/h4-9H,1,3H2,2H3. The van der Waals surface area contributed by atoms with Gasteiger partial charge in [-0.2, -0.15) is 0 Å². The van der Waals surface area contributed by atoms with Crippen LogP contribution in [0.5, 0.6) is 5.75 Å². The van der Waals surface area contributed by atoms with Crippen LogP contribution in [0.15, 0.2) is 36.4 Å². The van der Waals surface area contributed by atoms with Crippen LogP contribution in [0.4, 0.5) is 0 Å². The van der Waals surface area contributed by atoms with Crippen molar-refractivity contribution in [3.8, 4) is 5.75 Å². The van der Waals surface area contributed by atoms with Crippen molar-refractivity contribution >= 4 is 10.8 Å². The summed E-state index contributed by atoms with van der Waals surface area (Å²) in [5.74, 6) is 0.901. The van der Waals surface area contributed by atoms with Crippen LogP contribution in [0.3, 0.4) is 0 Å². The molecule has 0 atom stereocenters. The fourth-order valence-electron chi connectivity index (χ4n) is 1.66. The first-order valence-electron chi connectivity index (χ1n) is 4.70. The summed E-state index contributed by atoms with van der Waals surface area (Å²) in [6.07, 6.45) is 0.810. The van der Waals surface area contributed by atoms with E-state index in [1.165, 1.54) is 16.3 Å². The molecule has 0 bridgehead atoms. The smallest absolute Gasteiger partial charge is 0.119 e. The van der Waals surface area contributed by atoms with E-state index >= 15 is 0 Å². The molecule has 0 aromatic heterocycles. The van der Waals surface area contributed by atoms with E-state index < -0.39 is 0 Å². The van der Waals surface area contributed by atoms with E-state index in [9.17, 15) is 0 Å². The second-order valence-electron chi connectivity index (χ2n) is 3.25. The topological polar surface area (TPSA) is 9.23 Å². The van der Waals surface area contributed by atoms with Gasteiger partial charge < -0.3 is 4.74 Å². The lowest BCUT2D eigenvalue weighted by Crippen LogP contribution is -1.86. The van der Waals surface area contributed by atoms with Crippen molar-refractivity contribution in [2.24, 2.45) is 0 Å². The SMILES string of the molecule is [CH2]Cc1cccc2ccc(OC)cc12. The van der Waals surface area contributed by atoms with Gasteiger partial charge in [-0.3, -0.25) is 0 Å². The fourth-order valence-corrected chi connectivity index (χ4v) is 1.66. The second-order valence-corrected chi connectivity index (χ2v) is 3.25. The Morgan fingerprint density at radius 3 is 2.79 bits per heavy atom. The highest BCUT2D eigenvalue weighted by atomic mass is 16.5. The molecule has 1 radical (unpaired) electrons. The first kappa shape index (κ1) is 9.07. The molecule has 14 heavy (non-hydrogen) atoms. The van der Waals surface area contributed by atoms with Crippen molar-refractivity contribution in [3.05, 3.63) is 48.9 Å². The zero-order chi connectivity index (χ0) is 9.97. The molecular weight excluding hydrogens is 172 g/mol. The highest BCUT2D eigenvalue weighted by Gasteiger charge is 2.00. The third-order valence-electron chi connectivity index (χ3n) is 2.45. The van der Waals surface area contributed by atoms with Crippen LogP contribution in [-0.4, -0.2) is 7.11 Å². The largest absolute Gasteiger partial charge is 0.497 e. The maximum absolute atomic E-state index is 5.20. The van der Waals surface area contributed by atoms with Crippen molar-refractivity contribution in [3.63, 3.8) is 0 Å². The molecule has 0 aliphatic rings. The lowest BCUT2D eigenvalue weighted by atomic mass is 10.0. The lowest BCUT2D eigenvalue weighted by molar-refractivity contribution is 0.415. The van der Waals surface area contributed by atoms with Crippen molar-refractivity contribution in [1.82, 2.24) is 0 Å². The van der Waals surface area contributed by atoms with E-state index in [4.69, 9.17) is 4.74 Å². The van der Waals surface area contributed by atoms with Crippen molar-refractivity contribution < 1.29 is 4.74 Å². The number of benzene rings is 2. The molecule has 0 fully saturated rings. The molecule has 0 heterocycles. The third-order valence-corrected chi connectivity index (χ3v) is 2.45. The minimum absolute atomic E-state index is 0.810. The predicted octanol–water partition coefficient (Wildman–Crippen LogP) is 3.22. The highest BCUT2D eigenvalue weighted by Crippen LogP contribution is 2.24. The van der Waals surface area contributed by atoms with Crippen LogP contribution in [0.25, 0.3) is 10.8 Å². The summed E-state index contributed by atoms with van der Waals surface area (Å²) < 4.78 is 5.20. The quantitative estimate of drug-likeness (QED) is 0.698. The van der Waals surface area contributed by atoms with E-state index in [1.807, 2.05) is 6.07 Å². The zero-order valence-corrected chi connectivity index (χ0v) is 8.29.